The van der Waals surface area contributed by atoms with E-state index in [0.29, 0.717) is 17.7 Å². The lowest BCUT2D eigenvalue weighted by molar-refractivity contribution is -0.120. The highest BCUT2D eigenvalue weighted by molar-refractivity contribution is 8.00. The predicted octanol–water partition coefficient (Wildman–Crippen LogP) is 2.54. The van der Waals surface area contributed by atoms with E-state index in [1.165, 1.54) is 11.8 Å². The zero-order valence-electron chi connectivity index (χ0n) is 11.0. The molecule has 0 saturated carbocycles. The molecule has 0 saturated heterocycles. The summed E-state index contributed by atoms with van der Waals surface area (Å²) in [5, 5.41) is 3.27. The summed E-state index contributed by atoms with van der Waals surface area (Å²) in [6, 6.07) is 0. The highest BCUT2D eigenvalue weighted by Gasteiger charge is 2.17. The average molecular weight is 256 g/mol. The largest absolute Gasteiger partial charge is 0.437 e. The number of oxazole rings is 1. The van der Waals surface area contributed by atoms with E-state index in [1.54, 1.807) is 0 Å². The molecule has 0 unspecified atom stereocenters. The van der Waals surface area contributed by atoms with Crippen molar-refractivity contribution in [2.45, 2.75) is 45.1 Å². The molecular formula is C12H20N2O2S. The number of carbonyl (C=O) groups excluding carboxylic acids is 1. The Morgan fingerprint density at radius 2 is 2.06 bits per heavy atom. The number of amides is 1. The van der Waals surface area contributed by atoms with Gasteiger partial charge in [-0.05, 0) is 26.7 Å². The lowest BCUT2D eigenvalue weighted by Crippen LogP contribution is -2.33. The van der Waals surface area contributed by atoms with Gasteiger partial charge in [-0.15, -0.1) is 0 Å². The Morgan fingerprint density at radius 3 is 2.53 bits per heavy atom. The maximum Gasteiger partial charge on any atom is 0.256 e. The van der Waals surface area contributed by atoms with Crippen LogP contribution in [0.25, 0.3) is 0 Å². The third-order valence-electron chi connectivity index (χ3n) is 2.34. The molecule has 0 bridgehead atoms. The van der Waals surface area contributed by atoms with Crippen LogP contribution in [0, 0.1) is 19.8 Å². The van der Waals surface area contributed by atoms with Gasteiger partial charge in [-0.3, -0.25) is 4.79 Å². The number of thioether (sulfide) groups is 1. The lowest BCUT2D eigenvalue weighted by atomic mass is 10.2. The van der Waals surface area contributed by atoms with Crippen LogP contribution in [-0.2, 0) is 4.79 Å². The highest BCUT2D eigenvalue weighted by Crippen LogP contribution is 2.24. The van der Waals surface area contributed by atoms with E-state index < -0.39 is 0 Å². The van der Waals surface area contributed by atoms with E-state index in [4.69, 9.17) is 4.42 Å². The molecule has 96 valence electrons. The quantitative estimate of drug-likeness (QED) is 0.823. The average Bonchev–Trinajstić information content (AvgIpc) is 2.54. The van der Waals surface area contributed by atoms with E-state index in [9.17, 15) is 4.79 Å². The first kappa shape index (κ1) is 14.1. The molecule has 1 heterocycles. The van der Waals surface area contributed by atoms with E-state index >= 15 is 0 Å². The minimum absolute atomic E-state index is 0.0252. The second-order valence-electron chi connectivity index (χ2n) is 4.52. The van der Waals surface area contributed by atoms with Crippen LogP contribution in [0.15, 0.2) is 9.64 Å². The Kier molecular flexibility index (Phi) is 5.05. The van der Waals surface area contributed by atoms with Gasteiger partial charge in [-0.25, -0.2) is 4.98 Å². The molecular weight excluding hydrogens is 236 g/mol. The molecule has 0 aliphatic rings. The van der Waals surface area contributed by atoms with Gasteiger partial charge in [0.05, 0.1) is 10.9 Å². The minimum atomic E-state index is -0.189. The normalized spacial score (nSPS) is 12.8. The second-order valence-corrected chi connectivity index (χ2v) is 5.81. The molecule has 1 aromatic heterocycles. The van der Waals surface area contributed by atoms with Gasteiger partial charge in [0, 0.05) is 6.54 Å². The number of nitrogens with zero attached hydrogens (tertiary/aromatic N) is 1. The molecule has 0 fully saturated rings. The first-order chi connectivity index (χ1) is 7.90. The van der Waals surface area contributed by atoms with E-state index in [0.717, 1.165) is 11.5 Å². The van der Waals surface area contributed by atoms with Crippen molar-refractivity contribution >= 4 is 17.7 Å². The summed E-state index contributed by atoms with van der Waals surface area (Å²) in [4.78, 5) is 16.0. The molecule has 1 atom stereocenters. The van der Waals surface area contributed by atoms with Crippen LogP contribution in [0.5, 0.6) is 0 Å². The maximum absolute atomic E-state index is 11.7. The summed E-state index contributed by atoms with van der Waals surface area (Å²) in [6.07, 6.45) is 0. The molecule has 0 radical (unpaired) electrons. The molecule has 5 heteroatoms. The summed E-state index contributed by atoms with van der Waals surface area (Å²) in [6.45, 7) is 10.5. The summed E-state index contributed by atoms with van der Waals surface area (Å²) < 4.78 is 5.43. The molecule has 4 nitrogen and oxygen atoms in total. The molecule has 1 aromatic rings. The summed E-state index contributed by atoms with van der Waals surface area (Å²) >= 11 is 1.35. The first-order valence-corrected chi connectivity index (χ1v) is 6.66. The Labute approximate surface area is 107 Å². The van der Waals surface area contributed by atoms with Crippen LogP contribution in [0.1, 0.15) is 32.2 Å². The fourth-order valence-corrected chi connectivity index (χ4v) is 2.00. The topological polar surface area (TPSA) is 55.1 Å². The Balaban J connectivity index is 2.48. The molecule has 17 heavy (non-hydrogen) atoms. The number of rotatable bonds is 5. The third kappa shape index (κ3) is 4.42. The number of carbonyl (C=O) groups is 1. The van der Waals surface area contributed by atoms with Gasteiger partial charge in [0.2, 0.25) is 5.91 Å². The van der Waals surface area contributed by atoms with E-state index in [-0.39, 0.29) is 11.2 Å². The SMILES string of the molecule is Cc1nc(S[C@@H](C)C(=O)NCC(C)C)oc1C. The van der Waals surface area contributed by atoms with Gasteiger partial charge in [0.15, 0.2) is 0 Å². The van der Waals surface area contributed by atoms with Crippen molar-refractivity contribution in [3.8, 4) is 0 Å². The molecule has 0 aliphatic heterocycles. The molecule has 1 amide bonds. The van der Waals surface area contributed by atoms with Crippen LogP contribution < -0.4 is 5.32 Å². The number of hydrogen-bond donors (Lipinski definition) is 1. The van der Waals surface area contributed by atoms with Crippen molar-refractivity contribution in [2.24, 2.45) is 5.92 Å². The standard InChI is InChI=1S/C12H20N2O2S/c1-7(2)6-13-11(15)10(5)17-12-14-8(3)9(4)16-12/h7,10H,6H2,1-5H3,(H,13,15)/t10-/m0/s1. The smallest absolute Gasteiger partial charge is 0.256 e. The highest BCUT2D eigenvalue weighted by atomic mass is 32.2. The van der Waals surface area contributed by atoms with Crippen LogP contribution >= 0.6 is 11.8 Å². The van der Waals surface area contributed by atoms with Gasteiger partial charge in [0.25, 0.3) is 5.22 Å². The predicted molar refractivity (Wildman–Crippen MR) is 69.1 cm³/mol. The molecule has 0 aliphatic carbocycles. The molecule has 1 rings (SSSR count). The lowest BCUT2D eigenvalue weighted by Gasteiger charge is -2.11. The summed E-state index contributed by atoms with van der Waals surface area (Å²) in [7, 11) is 0. The van der Waals surface area contributed by atoms with Crippen LogP contribution in [0.3, 0.4) is 0 Å². The van der Waals surface area contributed by atoms with Gasteiger partial charge in [-0.1, -0.05) is 25.6 Å². The fraction of sp³-hybridized carbons (Fsp3) is 0.667. The Hall–Kier alpha value is -0.970. The zero-order valence-corrected chi connectivity index (χ0v) is 11.9. The molecule has 1 N–H and O–H groups in total. The molecule has 0 aromatic carbocycles. The van der Waals surface area contributed by atoms with Crippen LogP contribution in [0.2, 0.25) is 0 Å². The van der Waals surface area contributed by atoms with E-state index in [1.807, 2.05) is 20.8 Å². The second kappa shape index (κ2) is 6.10. The van der Waals surface area contributed by atoms with Gasteiger partial charge in [-0.2, -0.15) is 0 Å². The first-order valence-electron chi connectivity index (χ1n) is 5.78. The van der Waals surface area contributed by atoms with Crippen molar-refractivity contribution in [3.63, 3.8) is 0 Å². The van der Waals surface area contributed by atoms with Crippen molar-refractivity contribution in [1.82, 2.24) is 10.3 Å². The van der Waals surface area contributed by atoms with E-state index in [2.05, 4.69) is 24.1 Å². The minimum Gasteiger partial charge on any atom is -0.437 e. The van der Waals surface area contributed by atoms with Crippen LogP contribution in [-0.4, -0.2) is 22.7 Å². The van der Waals surface area contributed by atoms with Crippen molar-refractivity contribution in [1.29, 1.82) is 0 Å². The van der Waals surface area contributed by atoms with Crippen LogP contribution in [0.4, 0.5) is 0 Å². The Bertz CT molecular complexity index is 368. The van der Waals surface area contributed by atoms with Gasteiger partial charge >= 0.3 is 0 Å². The molecule has 0 spiro atoms. The van der Waals surface area contributed by atoms with Crippen molar-refractivity contribution < 1.29 is 9.21 Å². The number of nitrogens with one attached hydrogen (secondary N) is 1. The summed E-state index contributed by atoms with van der Waals surface area (Å²) in [5.41, 5.74) is 0.877. The number of aryl methyl sites for hydroxylation is 2. The number of hydrogen-bond acceptors (Lipinski definition) is 4. The summed E-state index contributed by atoms with van der Waals surface area (Å²) in [5.74, 6) is 1.29. The van der Waals surface area contributed by atoms with Crippen molar-refractivity contribution in [3.05, 3.63) is 11.5 Å². The van der Waals surface area contributed by atoms with Gasteiger partial charge < -0.3 is 9.73 Å². The fourth-order valence-electron chi connectivity index (χ4n) is 1.15. The number of aromatic nitrogens is 1. The zero-order chi connectivity index (χ0) is 13.0. The third-order valence-corrected chi connectivity index (χ3v) is 3.28. The van der Waals surface area contributed by atoms with Crippen molar-refractivity contribution in [2.75, 3.05) is 6.54 Å². The van der Waals surface area contributed by atoms with Gasteiger partial charge in [0.1, 0.15) is 5.76 Å². The maximum atomic E-state index is 11.7. The monoisotopic (exact) mass is 256 g/mol. The Morgan fingerprint density at radius 1 is 1.41 bits per heavy atom.